The fraction of sp³-hybridized carbons (Fsp3) is 0.455. The van der Waals surface area contributed by atoms with Gasteiger partial charge in [0.05, 0.1) is 12.1 Å². The highest BCUT2D eigenvalue weighted by atomic mass is 35.5. The maximum absolute atomic E-state index is 6.02. The number of hydrogen-bond donors (Lipinski definition) is 1. The van der Waals surface area contributed by atoms with E-state index in [9.17, 15) is 0 Å². The first-order chi connectivity index (χ1) is 6.70. The maximum atomic E-state index is 6.02. The maximum Gasteiger partial charge on any atom is 0.140 e. The van der Waals surface area contributed by atoms with Crippen LogP contribution in [0.2, 0.25) is 5.02 Å². The van der Waals surface area contributed by atoms with Gasteiger partial charge < -0.3 is 10.5 Å². The molecule has 0 aliphatic rings. The van der Waals surface area contributed by atoms with Crippen LogP contribution in [-0.4, -0.2) is 13.7 Å². The zero-order valence-corrected chi connectivity index (χ0v) is 9.34. The molecule has 14 heavy (non-hydrogen) atoms. The van der Waals surface area contributed by atoms with E-state index < -0.39 is 0 Å². The van der Waals surface area contributed by atoms with Crippen molar-refractivity contribution in [1.82, 2.24) is 0 Å². The highest BCUT2D eigenvalue weighted by molar-refractivity contribution is 6.32. The monoisotopic (exact) mass is 213 g/mol. The smallest absolute Gasteiger partial charge is 0.140 e. The fourth-order valence-electron chi connectivity index (χ4n) is 1.53. The molecule has 2 nitrogen and oxygen atoms in total. The minimum atomic E-state index is 0.383. The van der Waals surface area contributed by atoms with Gasteiger partial charge in [-0.05, 0) is 30.5 Å². The second-order valence-corrected chi connectivity index (χ2v) is 3.75. The SMILES string of the molecule is COc1c(Cl)cccc1C(C)CCN. The van der Waals surface area contributed by atoms with Crippen molar-refractivity contribution >= 4 is 11.6 Å². The molecule has 1 aromatic rings. The van der Waals surface area contributed by atoms with Crippen molar-refractivity contribution in [3.05, 3.63) is 28.8 Å². The Labute approximate surface area is 90.0 Å². The van der Waals surface area contributed by atoms with Crippen molar-refractivity contribution in [2.24, 2.45) is 5.73 Å². The molecule has 0 saturated heterocycles. The summed E-state index contributed by atoms with van der Waals surface area (Å²) in [5, 5.41) is 0.661. The Morgan fingerprint density at radius 3 is 2.79 bits per heavy atom. The van der Waals surface area contributed by atoms with Crippen LogP contribution in [0.3, 0.4) is 0 Å². The summed E-state index contributed by atoms with van der Waals surface area (Å²) >= 11 is 6.02. The van der Waals surface area contributed by atoms with E-state index in [0.29, 0.717) is 17.5 Å². The minimum absolute atomic E-state index is 0.383. The van der Waals surface area contributed by atoms with Gasteiger partial charge in [0.15, 0.2) is 0 Å². The topological polar surface area (TPSA) is 35.2 Å². The molecule has 1 unspecified atom stereocenters. The van der Waals surface area contributed by atoms with E-state index in [4.69, 9.17) is 22.1 Å². The van der Waals surface area contributed by atoms with Gasteiger partial charge >= 0.3 is 0 Å². The van der Waals surface area contributed by atoms with E-state index in [-0.39, 0.29) is 0 Å². The molecular formula is C11H16ClNO. The van der Waals surface area contributed by atoms with Crippen LogP contribution in [0.15, 0.2) is 18.2 Å². The minimum Gasteiger partial charge on any atom is -0.495 e. The number of benzene rings is 1. The summed E-state index contributed by atoms with van der Waals surface area (Å²) in [6.45, 7) is 2.80. The number of methoxy groups -OCH3 is 1. The lowest BCUT2D eigenvalue weighted by atomic mass is 9.97. The average molecular weight is 214 g/mol. The Kier molecular flexibility index (Phi) is 4.23. The van der Waals surface area contributed by atoms with Crippen molar-refractivity contribution in [3.63, 3.8) is 0 Å². The van der Waals surface area contributed by atoms with E-state index in [0.717, 1.165) is 17.7 Å². The summed E-state index contributed by atoms with van der Waals surface area (Å²) < 4.78 is 5.27. The zero-order chi connectivity index (χ0) is 10.6. The summed E-state index contributed by atoms with van der Waals surface area (Å²) in [7, 11) is 1.64. The molecule has 0 saturated carbocycles. The third-order valence-electron chi connectivity index (χ3n) is 2.33. The van der Waals surface area contributed by atoms with Gasteiger partial charge in [-0.1, -0.05) is 30.7 Å². The summed E-state index contributed by atoms with van der Waals surface area (Å²) in [6.07, 6.45) is 0.941. The Hall–Kier alpha value is -0.730. The first kappa shape index (κ1) is 11.3. The largest absolute Gasteiger partial charge is 0.495 e. The first-order valence-corrected chi connectivity index (χ1v) is 5.11. The van der Waals surface area contributed by atoms with Crippen molar-refractivity contribution in [2.75, 3.05) is 13.7 Å². The van der Waals surface area contributed by atoms with Crippen molar-refractivity contribution < 1.29 is 4.74 Å². The number of hydrogen-bond acceptors (Lipinski definition) is 2. The Morgan fingerprint density at radius 1 is 1.50 bits per heavy atom. The number of rotatable bonds is 4. The van der Waals surface area contributed by atoms with Crippen molar-refractivity contribution in [3.8, 4) is 5.75 Å². The number of para-hydroxylation sites is 1. The quantitative estimate of drug-likeness (QED) is 0.835. The van der Waals surface area contributed by atoms with Gasteiger partial charge in [-0.25, -0.2) is 0 Å². The number of halogens is 1. The van der Waals surface area contributed by atoms with Crippen molar-refractivity contribution in [2.45, 2.75) is 19.3 Å². The molecule has 0 aliphatic heterocycles. The van der Waals surface area contributed by atoms with E-state index in [1.54, 1.807) is 7.11 Å². The predicted octanol–water partition coefficient (Wildman–Crippen LogP) is 2.80. The summed E-state index contributed by atoms with van der Waals surface area (Å²) in [5.41, 5.74) is 6.65. The van der Waals surface area contributed by atoms with Crippen LogP contribution in [0.1, 0.15) is 24.8 Å². The standard InChI is InChI=1S/C11H16ClNO/c1-8(6-7-13)9-4-3-5-10(12)11(9)14-2/h3-5,8H,6-7,13H2,1-2H3. The molecule has 0 bridgehead atoms. The predicted molar refractivity (Wildman–Crippen MR) is 60.1 cm³/mol. The van der Waals surface area contributed by atoms with Gasteiger partial charge in [-0.15, -0.1) is 0 Å². The van der Waals surface area contributed by atoms with Gasteiger partial charge in [-0.3, -0.25) is 0 Å². The molecule has 0 fully saturated rings. The van der Waals surface area contributed by atoms with E-state index in [1.165, 1.54) is 0 Å². The third-order valence-corrected chi connectivity index (χ3v) is 2.63. The molecular weight excluding hydrogens is 198 g/mol. The molecule has 1 atom stereocenters. The Bertz CT molecular complexity index is 301. The van der Waals surface area contributed by atoms with Gasteiger partial charge in [0.1, 0.15) is 5.75 Å². The van der Waals surface area contributed by atoms with Gasteiger partial charge in [-0.2, -0.15) is 0 Å². The normalized spacial score (nSPS) is 12.6. The van der Waals surface area contributed by atoms with Crippen LogP contribution in [0.4, 0.5) is 0 Å². The lowest BCUT2D eigenvalue weighted by molar-refractivity contribution is 0.406. The summed E-state index contributed by atoms with van der Waals surface area (Å²) in [5.74, 6) is 1.16. The van der Waals surface area contributed by atoms with E-state index in [2.05, 4.69) is 6.92 Å². The third kappa shape index (κ3) is 2.40. The molecule has 3 heteroatoms. The lowest BCUT2D eigenvalue weighted by Gasteiger charge is -2.15. The molecule has 0 radical (unpaired) electrons. The van der Waals surface area contributed by atoms with Crippen LogP contribution < -0.4 is 10.5 Å². The number of nitrogens with two attached hydrogens (primary N) is 1. The van der Waals surface area contributed by atoms with E-state index >= 15 is 0 Å². The average Bonchev–Trinajstić information content (AvgIpc) is 2.17. The molecule has 2 N–H and O–H groups in total. The van der Waals surface area contributed by atoms with Gasteiger partial charge in [0.25, 0.3) is 0 Å². The second kappa shape index (κ2) is 5.23. The second-order valence-electron chi connectivity index (χ2n) is 3.34. The van der Waals surface area contributed by atoms with Crippen LogP contribution in [0.5, 0.6) is 5.75 Å². The number of ether oxygens (including phenoxy) is 1. The van der Waals surface area contributed by atoms with E-state index in [1.807, 2.05) is 18.2 Å². The highest BCUT2D eigenvalue weighted by Crippen LogP contribution is 2.34. The fourth-order valence-corrected chi connectivity index (χ4v) is 1.79. The van der Waals surface area contributed by atoms with Gasteiger partial charge in [0, 0.05) is 0 Å². The molecule has 1 aromatic carbocycles. The molecule has 0 spiro atoms. The molecule has 0 aliphatic carbocycles. The van der Waals surface area contributed by atoms with Crippen LogP contribution >= 0.6 is 11.6 Å². The lowest BCUT2D eigenvalue weighted by Crippen LogP contribution is -2.05. The van der Waals surface area contributed by atoms with Gasteiger partial charge in [0.2, 0.25) is 0 Å². The molecule has 78 valence electrons. The van der Waals surface area contributed by atoms with Crippen molar-refractivity contribution in [1.29, 1.82) is 0 Å². The highest BCUT2D eigenvalue weighted by Gasteiger charge is 2.12. The molecule has 0 heterocycles. The zero-order valence-electron chi connectivity index (χ0n) is 8.59. The molecule has 0 amide bonds. The molecule has 0 aromatic heterocycles. The first-order valence-electron chi connectivity index (χ1n) is 4.73. The van der Waals surface area contributed by atoms with Crippen LogP contribution in [-0.2, 0) is 0 Å². The molecule has 1 rings (SSSR count). The van der Waals surface area contributed by atoms with Crippen LogP contribution in [0, 0.1) is 0 Å². The Balaban J connectivity index is 3.00. The summed E-state index contributed by atoms with van der Waals surface area (Å²) in [4.78, 5) is 0. The van der Waals surface area contributed by atoms with Crippen LogP contribution in [0.25, 0.3) is 0 Å². The Morgan fingerprint density at radius 2 is 2.21 bits per heavy atom. The summed E-state index contributed by atoms with van der Waals surface area (Å²) in [6, 6.07) is 5.80.